The van der Waals surface area contributed by atoms with Crippen molar-refractivity contribution in [1.29, 1.82) is 0 Å². The monoisotopic (exact) mass is 965 g/mol. The van der Waals surface area contributed by atoms with Gasteiger partial charge in [0.1, 0.15) is 67.1 Å². The molecule has 3 fully saturated rings. The number of hydrogen-bond acceptors (Lipinski definition) is 15. The summed E-state index contributed by atoms with van der Waals surface area (Å²) in [6.45, 7) is 1.84. The molecule has 0 radical (unpaired) electrons. The molecule has 3 aliphatic heterocycles. The van der Waals surface area contributed by atoms with Gasteiger partial charge in [0.15, 0.2) is 18.9 Å². The molecular formula is C54H63NO15. The topological polar surface area (TPSA) is 202 Å². The average Bonchev–Trinajstić information content (AvgIpc) is 3.38. The van der Waals surface area contributed by atoms with Crippen molar-refractivity contribution in [3.8, 4) is 0 Å². The zero-order valence-electron chi connectivity index (χ0n) is 39.0. The van der Waals surface area contributed by atoms with Crippen molar-refractivity contribution in [2.24, 2.45) is 0 Å². The molecule has 3 heterocycles. The fourth-order valence-corrected chi connectivity index (χ4v) is 8.67. The van der Waals surface area contributed by atoms with E-state index in [0.717, 1.165) is 27.8 Å². The third kappa shape index (κ3) is 14.1. The molecule has 374 valence electrons. The van der Waals surface area contributed by atoms with Crippen molar-refractivity contribution >= 4 is 5.91 Å². The Kier molecular flexibility index (Phi) is 19.0. The summed E-state index contributed by atoms with van der Waals surface area (Å²) in [7, 11) is 0. The van der Waals surface area contributed by atoms with Crippen LogP contribution in [0.2, 0.25) is 0 Å². The van der Waals surface area contributed by atoms with Gasteiger partial charge in [-0.25, -0.2) is 0 Å². The number of ether oxygens (including phenoxy) is 10. The summed E-state index contributed by atoms with van der Waals surface area (Å²) < 4.78 is 64.9. The van der Waals surface area contributed by atoms with Gasteiger partial charge in [0.25, 0.3) is 0 Å². The Morgan fingerprint density at radius 1 is 0.500 bits per heavy atom. The van der Waals surface area contributed by atoms with E-state index in [4.69, 9.17) is 47.4 Å². The van der Waals surface area contributed by atoms with Crippen molar-refractivity contribution in [2.45, 2.75) is 126 Å². The number of aliphatic hydroxyl groups is 4. The molecule has 8 rings (SSSR count). The molecule has 3 saturated heterocycles. The highest BCUT2D eigenvalue weighted by Crippen LogP contribution is 2.35. The van der Waals surface area contributed by atoms with Crippen molar-refractivity contribution in [3.05, 3.63) is 179 Å². The van der Waals surface area contributed by atoms with Crippen molar-refractivity contribution in [2.75, 3.05) is 19.8 Å². The van der Waals surface area contributed by atoms with Crippen LogP contribution in [0.1, 0.15) is 34.7 Å². The summed E-state index contributed by atoms with van der Waals surface area (Å²) in [6.07, 6.45) is -17.1. The smallest absolute Gasteiger partial charge is 0.217 e. The zero-order valence-corrected chi connectivity index (χ0v) is 39.0. The lowest BCUT2D eigenvalue weighted by Crippen LogP contribution is -2.69. The number of amides is 1. The Hall–Kier alpha value is -4.99. The highest BCUT2D eigenvalue weighted by molar-refractivity contribution is 5.73. The number of hydrogen-bond donors (Lipinski definition) is 5. The summed E-state index contributed by atoms with van der Waals surface area (Å²) in [5.74, 6) is -0.544. The molecule has 16 nitrogen and oxygen atoms in total. The van der Waals surface area contributed by atoms with Crippen LogP contribution in [0.25, 0.3) is 0 Å². The van der Waals surface area contributed by atoms with Crippen molar-refractivity contribution in [1.82, 2.24) is 5.32 Å². The Morgan fingerprint density at radius 2 is 0.943 bits per heavy atom. The molecule has 5 aromatic rings. The first-order valence-corrected chi connectivity index (χ1v) is 23.6. The van der Waals surface area contributed by atoms with Crippen LogP contribution in [0.15, 0.2) is 152 Å². The lowest BCUT2D eigenvalue weighted by Gasteiger charge is -2.50. The van der Waals surface area contributed by atoms with Crippen LogP contribution in [0.3, 0.4) is 0 Å². The summed E-state index contributed by atoms with van der Waals surface area (Å²) in [5.41, 5.74) is 4.46. The lowest BCUT2D eigenvalue weighted by molar-refractivity contribution is -0.371. The second-order valence-electron chi connectivity index (χ2n) is 17.6. The molecule has 0 unspecified atom stereocenters. The minimum absolute atomic E-state index is 0.00658. The maximum Gasteiger partial charge on any atom is 0.217 e. The molecule has 1 amide bonds. The first-order chi connectivity index (χ1) is 34.2. The molecule has 16 heteroatoms. The lowest BCUT2D eigenvalue weighted by atomic mass is 9.94. The van der Waals surface area contributed by atoms with E-state index >= 15 is 0 Å². The van der Waals surface area contributed by atoms with Gasteiger partial charge in [0, 0.05) is 6.92 Å². The first kappa shape index (κ1) is 51.4. The summed E-state index contributed by atoms with van der Waals surface area (Å²) in [5, 5.41) is 48.2. The minimum atomic E-state index is -1.81. The SMILES string of the molecule is CC(=O)N[C@@H]1[C@@H](O[C@@H]2O[C@H](COCc3ccccc3)[C@H](O)[C@H](O)[C@H]2O)[C@H](O[C@@H]2OC[C@@H](OCc3ccccc3)[C@@H](OCc3ccccc3)[C@@H]2OCc2ccccc2)[C@@H](COCc2ccccc2)O[C@H]1O. The van der Waals surface area contributed by atoms with Gasteiger partial charge >= 0.3 is 0 Å². The maximum atomic E-state index is 12.9. The number of aliphatic hydroxyl groups excluding tert-OH is 4. The van der Waals surface area contributed by atoms with Crippen LogP contribution in [0, 0.1) is 0 Å². The third-order valence-electron chi connectivity index (χ3n) is 12.3. The molecule has 0 spiro atoms. The second-order valence-corrected chi connectivity index (χ2v) is 17.6. The standard InChI is InChI=1S/C54H63NO15/c1-35(56)55-44-50(70-53-47(59)46(58)45(57)41(68-53)32-61-27-36-17-7-2-8-18-36)49(43(67-52(44)60)33-62-28-37-19-9-3-10-20-37)69-54-51(65-31-40-25-15-6-16-26-40)48(64-30-39-23-13-5-14-24-39)42(34-66-54)63-29-38-21-11-4-12-22-38/h2-26,41-54,57-60H,27-34H2,1H3,(H,55,56)/t41-,42-,43-,44-,45+,46+,47-,48-,49-,50-,51+,52-,53+,54+/m1/s1. The van der Waals surface area contributed by atoms with E-state index < -0.39 is 91.9 Å². The highest BCUT2D eigenvalue weighted by atomic mass is 16.8. The van der Waals surface area contributed by atoms with E-state index in [9.17, 15) is 25.2 Å². The Bertz CT molecular complexity index is 2270. The van der Waals surface area contributed by atoms with Crippen molar-refractivity contribution < 1.29 is 72.6 Å². The highest BCUT2D eigenvalue weighted by Gasteiger charge is 2.54. The van der Waals surface area contributed by atoms with E-state index in [1.807, 2.05) is 152 Å². The van der Waals surface area contributed by atoms with Crippen LogP contribution in [0.5, 0.6) is 0 Å². The van der Waals surface area contributed by atoms with Gasteiger partial charge < -0.3 is 73.1 Å². The molecule has 3 aliphatic rings. The minimum Gasteiger partial charge on any atom is -0.387 e. The Balaban J connectivity index is 1.12. The molecule has 0 bridgehead atoms. The average molecular weight is 966 g/mol. The van der Waals surface area contributed by atoms with E-state index in [-0.39, 0.29) is 52.9 Å². The molecule has 0 aromatic heterocycles. The number of carbonyl (C=O) groups is 1. The third-order valence-corrected chi connectivity index (χ3v) is 12.3. The van der Waals surface area contributed by atoms with Gasteiger partial charge in [-0.3, -0.25) is 4.79 Å². The van der Waals surface area contributed by atoms with Gasteiger partial charge in [-0.15, -0.1) is 0 Å². The van der Waals surface area contributed by atoms with Crippen LogP contribution >= 0.6 is 0 Å². The summed E-state index contributed by atoms with van der Waals surface area (Å²) in [4.78, 5) is 12.9. The molecule has 0 aliphatic carbocycles. The van der Waals surface area contributed by atoms with Crippen molar-refractivity contribution in [3.63, 3.8) is 0 Å². The molecule has 70 heavy (non-hydrogen) atoms. The molecule has 5 N–H and O–H groups in total. The van der Waals surface area contributed by atoms with E-state index in [1.165, 1.54) is 6.92 Å². The van der Waals surface area contributed by atoms with Crippen LogP contribution in [-0.2, 0) is 85.2 Å². The first-order valence-electron chi connectivity index (χ1n) is 23.6. The molecule has 14 atom stereocenters. The predicted molar refractivity (Wildman–Crippen MR) is 252 cm³/mol. The van der Waals surface area contributed by atoms with E-state index in [0.29, 0.717) is 0 Å². The van der Waals surface area contributed by atoms with E-state index in [1.54, 1.807) is 0 Å². The molecular weight excluding hydrogens is 903 g/mol. The number of carbonyl (C=O) groups excluding carboxylic acids is 1. The Labute approximate surface area is 407 Å². The van der Waals surface area contributed by atoms with Gasteiger partial charge in [0.2, 0.25) is 5.91 Å². The normalized spacial score (nSPS) is 30.1. The molecule has 5 aromatic carbocycles. The van der Waals surface area contributed by atoms with Crippen LogP contribution in [-0.4, -0.2) is 132 Å². The fourth-order valence-electron chi connectivity index (χ4n) is 8.67. The summed E-state index contributed by atoms with van der Waals surface area (Å²) >= 11 is 0. The van der Waals surface area contributed by atoms with Crippen LogP contribution < -0.4 is 5.32 Å². The largest absolute Gasteiger partial charge is 0.387 e. The predicted octanol–water partition coefficient (Wildman–Crippen LogP) is 4.33. The molecule has 0 saturated carbocycles. The van der Waals surface area contributed by atoms with Gasteiger partial charge in [-0.2, -0.15) is 0 Å². The second kappa shape index (κ2) is 25.9. The van der Waals surface area contributed by atoms with E-state index in [2.05, 4.69) is 5.32 Å². The number of nitrogens with one attached hydrogen (secondary N) is 1. The van der Waals surface area contributed by atoms with Gasteiger partial charge in [0.05, 0.1) is 52.9 Å². The van der Waals surface area contributed by atoms with Crippen LogP contribution in [0.4, 0.5) is 0 Å². The summed E-state index contributed by atoms with van der Waals surface area (Å²) in [6, 6.07) is 46.5. The quantitative estimate of drug-likeness (QED) is 0.0656. The Morgan fingerprint density at radius 3 is 1.44 bits per heavy atom. The van der Waals surface area contributed by atoms with Gasteiger partial charge in [-0.1, -0.05) is 152 Å². The maximum absolute atomic E-state index is 12.9. The fraction of sp³-hybridized carbons (Fsp3) is 0.426. The number of rotatable bonds is 22. The van der Waals surface area contributed by atoms with Gasteiger partial charge in [-0.05, 0) is 27.8 Å². The number of benzene rings is 5. The zero-order chi connectivity index (χ0) is 48.7.